The van der Waals surface area contributed by atoms with Crippen LogP contribution in [0, 0.1) is 0 Å². The van der Waals surface area contributed by atoms with Crippen molar-refractivity contribution in [1.29, 1.82) is 0 Å². The largest absolute Gasteiger partial charge is 0.392 e. The number of hydrogen-bond donors (Lipinski definition) is 1. The van der Waals surface area contributed by atoms with Gasteiger partial charge in [-0.1, -0.05) is 18.5 Å². The summed E-state index contributed by atoms with van der Waals surface area (Å²) in [6.07, 6.45) is 2.84. The zero-order valence-corrected chi connectivity index (χ0v) is 7.13. The monoisotopic (exact) mass is 157 g/mol. The molecule has 0 spiro atoms. The highest BCUT2D eigenvalue weighted by molar-refractivity contribution is 5.85. The quantitative estimate of drug-likeness (QED) is 0.671. The Kier molecular flexibility index (Phi) is 2.49. The average Bonchev–Trinajstić information content (AvgIpc) is 2.35. The highest BCUT2D eigenvalue weighted by Crippen LogP contribution is 2.24. The zero-order valence-electron chi connectivity index (χ0n) is 7.13. The molecule has 3 nitrogen and oxygen atoms in total. The molecule has 3 heteroatoms. The second-order valence-corrected chi connectivity index (χ2v) is 3.28. The maximum atomic E-state index is 8.91. The van der Waals surface area contributed by atoms with E-state index >= 15 is 0 Å². The Morgan fingerprint density at radius 2 is 2.45 bits per heavy atom. The minimum Gasteiger partial charge on any atom is -0.392 e. The Morgan fingerprint density at radius 3 is 2.91 bits per heavy atom. The molecule has 0 aromatic heterocycles. The van der Waals surface area contributed by atoms with Crippen molar-refractivity contribution in [3.05, 3.63) is 0 Å². The van der Waals surface area contributed by atoms with Crippen LogP contribution in [0.1, 0.15) is 33.1 Å². The highest BCUT2D eigenvalue weighted by atomic mass is 16.7. The first-order valence-electron chi connectivity index (χ1n) is 4.05. The molecule has 0 saturated heterocycles. The molecule has 1 aliphatic heterocycles. The van der Waals surface area contributed by atoms with Gasteiger partial charge in [0, 0.05) is 6.42 Å². The third-order valence-corrected chi connectivity index (χ3v) is 1.85. The van der Waals surface area contributed by atoms with Gasteiger partial charge in [0.25, 0.3) is 0 Å². The Morgan fingerprint density at radius 1 is 1.73 bits per heavy atom. The van der Waals surface area contributed by atoms with Gasteiger partial charge in [-0.3, -0.25) is 0 Å². The first-order valence-corrected chi connectivity index (χ1v) is 4.05. The fourth-order valence-electron chi connectivity index (χ4n) is 1.18. The van der Waals surface area contributed by atoms with Gasteiger partial charge < -0.3 is 9.94 Å². The summed E-state index contributed by atoms with van der Waals surface area (Å²) in [7, 11) is 0. The molecule has 1 aliphatic rings. The van der Waals surface area contributed by atoms with Gasteiger partial charge in [0.05, 0.1) is 12.3 Å². The maximum absolute atomic E-state index is 8.91. The van der Waals surface area contributed by atoms with Crippen LogP contribution in [0.4, 0.5) is 0 Å². The van der Waals surface area contributed by atoms with Crippen molar-refractivity contribution < 1.29 is 9.94 Å². The van der Waals surface area contributed by atoms with Gasteiger partial charge in [0.2, 0.25) is 0 Å². The molecule has 0 fully saturated rings. The number of aliphatic hydroxyl groups excluding tert-OH is 1. The molecule has 0 bridgehead atoms. The van der Waals surface area contributed by atoms with Crippen LogP contribution >= 0.6 is 0 Å². The van der Waals surface area contributed by atoms with Crippen LogP contribution in [0.15, 0.2) is 5.16 Å². The van der Waals surface area contributed by atoms with Crippen LogP contribution in [-0.4, -0.2) is 23.0 Å². The lowest BCUT2D eigenvalue weighted by Crippen LogP contribution is -2.29. The van der Waals surface area contributed by atoms with E-state index in [1.165, 1.54) is 0 Å². The summed E-state index contributed by atoms with van der Waals surface area (Å²) >= 11 is 0. The summed E-state index contributed by atoms with van der Waals surface area (Å²) in [5.74, 6) is 0. The van der Waals surface area contributed by atoms with E-state index in [0.717, 1.165) is 25.0 Å². The minimum absolute atomic E-state index is 0.0454. The third kappa shape index (κ3) is 1.93. The van der Waals surface area contributed by atoms with E-state index < -0.39 is 5.60 Å². The van der Waals surface area contributed by atoms with Gasteiger partial charge in [0.1, 0.15) is 0 Å². The standard InChI is InChI=1S/C8H15NO2/c1-3-4-7-5-8(2,6-10)11-9-7/h10H,3-6H2,1-2H3. The maximum Gasteiger partial charge on any atom is 0.163 e. The highest BCUT2D eigenvalue weighted by Gasteiger charge is 2.32. The van der Waals surface area contributed by atoms with Crippen molar-refractivity contribution in [2.45, 2.75) is 38.7 Å². The summed E-state index contributed by atoms with van der Waals surface area (Å²) < 4.78 is 0. The molecule has 1 N–H and O–H groups in total. The first kappa shape index (κ1) is 8.53. The molecule has 1 heterocycles. The second kappa shape index (κ2) is 3.22. The van der Waals surface area contributed by atoms with E-state index in [1.807, 2.05) is 6.92 Å². The Labute approximate surface area is 67.0 Å². The predicted molar refractivity (Wildman–Crippen MR) is 43.5 cm³/mol. The molecule has 11 heavy (non-hydrogen) atoms. The van der Waals surface area contributed by atoms with Gasteiger partial charge >= 0.3 is 0 Å². The zero-order chi connectivity index (χ0) is 8.32. The van der Waals surface area contributed by atoms with Crippen LogP contribution in [-0.2, 0) is 4.84 Å². The predicted octanol–water partition coefficient (Wildman–Crippen LogP) is 1.31. The van der Waals surface area contributed by atoms with Gasteiger partial charge in [-0.05, 0) is 13.3 Å². The SMILES string of the molecule is CCCC1=NOC(C)(CO)C1. The van der Waals surface area contributed by atoms with E-state index in [2.05, 4.69) is 12.1 Å². The normalized spacial score (nSPS) is 29.9. The van der Waals surface area contributed by atoms with Gasteiger partial charge in [-0.25, -0.2) is 0 Å². The van der Waals surface area contributed by atoms with Crippen molar-refractivity contribution in [3.63, 3.8) is 0 Å². The number of rotatable bonds is 3. The number of nitrogens with zero attached hydrogens (tertiary/aromatic N) is 1. The lowest BCUT2D eigenvalue weighted by atomic mass is 9.99. The number of oxime groups is 1. The van der Waals surface area contributed by atoms with Gasteiger partial charge in [0.15, 0.2) is 5.60 Å². The molecule has 0 saturated carbocycles. The van der Waals surface area contributed by atoms with E-state index in [1.54, 1.807) is 0 Å². The van der Waals surface area contributed by atoms with E-state index in [9.17, 15) is 0 Å². The minimum atomic E-state index is -0.440. The third-order valence-electron chi connectivity index (χ3n) is 1.85. The topological polar surface area (TPSA) is 41.8 Å². The molecule has 1 atom stereocenters. The molecular formula is C8H15NO2. The molecule has 0 radical (unpaired) electrons. The molecule has 0 aliphatic carbocycles. The van der Waals surface area contributed by atoms with Crippen molar-refractivity contribution in [3.8, 4) is 0 Å². The molecule has 64 valence electrons. The first-order chi connectivity index (χ1) is 5.20. The van der Waals surface area contributed by atoms with Crippen LogP contribution in [0.5, 0.6) is 0 Å². The molecule has 0 aromatic carbocycles. The van der Waals surface area contributed by atoms with Crippen LogP contribution in [0.2, 0.25) is 0 Å². The van der Waals surface area contributed by atoms with Crippen LogP contribution in [0.25, 0.3) is 0 Å². The lowest BCUT2D eigenvalue weighted by molar-refractivity contribution is -0.0428. The number of aliphatic hydroxyl groups is 1. The van der Waals surface area contributed by atoms with Gasteiger partial charge in [-0.2, -0.15) is 0 Å². The summed E-state index contributed by atoms with van der Waals surface area (Å²) in [5, 5.41) is 12.8. The fraction of sp³-hybridized carbons (Fsp3) is 0.875. The van der Waals surface area contributed by atoms with Crippen LogP contribution in [0.3, 0.4) is 0 Å². The Bertz CT molecular complexity index is 167. The summed E-state index contributed by atoms with van der Waals surface area (Å²) in [5.41, 5.74) is 0.633. The average molecular weight is 157 g/mol. The van der Waals surface area contributed by atoms with Crippen molar-refractivity contribution in [2.24, 2.45) is 5.16 Å². The van der Waals surface area contributed by atoms with E-state index in [0.29, 0.717) is 0 Å². The summed E-state index contributed by atoms with van der Waals surface area (Å²) in [6, 6.07) is 0. The molecular weight excluding hydrogens is 142 g/mol. The van der Waals surface area contributed by atoms with Crippen LogP contribution < -0.4 is 0 Å². The molecule has 1 unspecified atom stereocenters. The van der Waals surface area contributed by atoms with Crippen molar-refractivity contribution >= 4 is 5.71 Å². The van der Waals surface area contributed by atoms with E-state index in [-0.39, 0.29) is 6.61 Å². The van der Waals surface area contributed by atoms with Crippen molar-refractivity contribution in [2.75, 3.05) is 6.61 Å². The molecule has 0 amide bonds. The molecule has 0 aromatic rings. The molecule has 1 rings (SSSR count). The van der Waals surface area contributed by atoms with Gasteiger partial charge in [-0.15, -0.1) is 0 Å². The second-order valence-electron chi connectivity index (χ2n) is 3.28. The Hall–Kier alpha value is -0.570. The number of hydrogen-bond acceptors (Lipinski definition) is 3. The summed E-state index contributed by atoms with van der Waals surface area (Å²) in [4.78, 5) is 5.09. The smallest absolute Gasteiger partial charge is 0.163 e. The summed E-state index contributed by atoms with van der Waals surface area (Å²) in [6.45, 7) is 4.03. The fourth-order valence-corrected chi connectivity index (χ4v) is 1.18. The van der Waals surface area contributed by atoms with Crippen molar-refractivity contribution in [1.82, 2.24) is 0 Å². The van der Waals surface area contributed by atoms with E-state index in [4.69, 9.17) is 9.94 Å². The lowest BCUT2D eigenvalue weighted by Gasteiger charge is -2.17. The Balaban J connectivity index is 2.42.